The summed E-state index contributed by atoms with van der Waals surface area (Å²) in [7, 11) is -3.23. The molecule has 0 aliphatic rings. The molecule has 0 radical (unpaired) electrons. The zero-order valence-corrected chi connectivity index (χ0v) is 12.9. The lowest BCUT2D eigenvalue weighted by Crippen LogP contribution is -2.37. The van der Waals surface area contributed by atoms with Crippen LogP contribution in [0.25, 0.3) is 0 Å². The van der Waals surface area contributed by atoms with Crippen LogP contribution in [-0.4, -0.2) is 44.5 Å². The zero-order chi connectivity index (χ0) is 14.3. The Bertz CT molecular complexity index is 350. The third kappa shape index (κ3) is 8.47. The van der Waals surface area contributed by atoms with Gasteiger partial charge in [0, 0.05) is 26.1 Å². The van der Waals surface area contributed by atoms with Crippen LogP contribution < -0.4 is 5.32 Å². The summed E-state index contributed by atoms with van der Waals surface area (Å²) in [4.78, 5) is 11.5. The second-order valence-electron chi connectivity index (χ2n) is 5.46. The number of rotatable bonds is 8. The number of nitrogens with one attached hydrogen (secondary N) is 1. The summed E-state index contributed by atoms with van der Waals surface area (Å²) in [6.45, 7) is 9.27. The van der Waals surface area contributed by atoms with E-state index in [0.717, 1.165) is 0 Å². The molecule has 0 bridgehead atoms. The summed E-state index contributed by atoms with van der Waals surface area (Å²) < 4.78 is 24.4. The third-order valence-electron chi connectivity index (χ3n) is 2.33. The van der Waals surface area contributed by atoms with Crippen molar-refractivity contribution in [2.75, 3.05) is 25.9 Å². The Kier molecular flexibility index (Phi) is 7.47. The van der Waals surface area contributed by atoms with Crippen molar-refractivity contribution in [3.63, 3.8) is 0 Å². The minimum Gasteiger partial charge on any atom is -0.356 e. The van der Waals surface area contributed by atoms with Crippen LogP contribution in [0, 0.1) is 11.8 Å². The lowest BCUT2D eigenvalue weighted by molar-refractivity contribution is -0.121. The number of hydrogen-bond acceptors (Lipinski definition) is 3. The van der Waals surface area contributed by atoms with Gasteiger partial charge in [0.15, 0.2) is 0 Å². The van der Waals surface area contributed by atoms with Crippen LogP contribution in [0.3, 0.4) is 0 Å². The quantitative estimate of drug-likeness (QED) is 0.722. The molecule has 0 unspecified atom stereocenters. The Morgan fingerprint density at radius 3 is 2.11 bits per heavy atom. The smallest absolute Gasteiger partial charge is 0.221 e. The van der Waals surface area contributed by atoms with E-state index in [2.05, 4.69) is 5.32 Å². The number of sulfonamides is 1. The highest BCUT2D eigenvalue weighted by Gasteiger charge is 2.18. The Morgan fingerprint density at radius 2 is 1.72 bits per heavy atom. The molecule has 1 amide bonds. The Morgan fingerprint density at radius 1 is 1.17 bits per heavy atom. The first-order valence-electron chi connectivity index (χ1n) is 6.34. The number of amides is 1. The second kappa shape index (κ2) is 7.74. The van der Waals surface area contributed by atoms with Crippen molar-refractivity contribution in [1.29, 1.82) is 0 Å². The van der Waals surface area contributed by atoms with Gasteiger partial charge in [0.25, 0.3) is 0 Å². The highest BCUT2D eigenvalue weighted by Crippen LogP contribution is 2.05. The van der Waals surface area contributed by atoms with E-state index in [4.69, 9.17) is 0 Å². The topological polar surface area (TPSA) is 66.5 Å². The van der Waals surface area contributed by atoms with E-state index in [-0.39, 0.29) is 24.8 Å². The minimum absolute atomic E-state index is 0.0962. The highest BCUT2D eigenvalue weighted by molar-refractivity contribution is 7.88. The number of carbonyl (C=O) groups excluding carboxylic acids is 1. The maximum Gasteiger partial charge on any atom is 0.221 e. The fourth-order valence-electron chi connectivity index (χ4n) is 1.43. The van der Waals surface area contributed by atoms with Gasteiger partial charge in [-0.3, -0.25) is 4.79 Å². The fourth-order valence-corrected chi connectivity index (χ4v) is 2.42. The lowest BCUT2D eigenvalue weighted by Gasteiger charge is -2.21. The molecule has 1 N–H and O–H groups in total. The van der Waals surface area contributed by atoms with Crippen molar-refractivity contribution in [2.45, 2.75) is 34.1 Å². The van der Waals surface area contributed by atoms with Gasteiger partial charge >= 0.3 is 0 Å². The minimum atomic E-state index is -3.23. The van der Waals surface area contributed by atoms with E-state index >= 15 is 0 Å². The number of carbonyl (C=O) groups is 1. The van der Waals surface area contributed by atoms with Gasteiger partial charge in [-0.2, -0.15) is 0 Å². The summed E-state index contributed by atoms with van der Waals surface area (Å²) in [5.74, 6) is 0.551. The average molecular weight is 278 g/mol. The summed E-state index contributed by atoms with van der Waals surface area (Å²) >= 11 is 0. The standard InChI is InChI=1S/C12H26N2O3S/c1-10(2)8-13-12(15)6-7-14(9-11(3)4)18(5,16)17/h10-11H,6-9H2,1-5H3,(H,13,15). The molecule has 0 aliphatic heterocycles. The van der Waals surface area contributed by atoms with Crippen LogP contribution in [0.2, 0.25) is 0 Å². The number of nitrogens with zero attached hydrogens (tertiary/aromatic N) is 1. The fraction of sp³-hybridized carbons (Fsp3) is 0.917. The van der Waals surface area contributed by atoms with Gasteiger partial charge in [-0.1, -0.05) is 27.7 Å². The molecular formula is C12H26N2O3S. The first-order valence-corrected chi connectivity index (χ1v) is 8.19. The summed E-state index contributed by atoms with van der Waals surface area (Å²) in [5, 5.41) is 2.78. The molecular weight excluding hydrogens is 252 g/mol. The second-order valence-corrected chi connectivity index (χ2v) is 7.45. The van der Waals surface area contributed by atoms with Crippen LogP contribution in [-0.2, 0) is 14.8 Å². The monoisotopic (exact) mass is 278 g/mol. The molecule has 5 nitrogen and oxygen atoms in total. The average Bonchev–Trinajstić information content (AvgIpc) is 2.19. The summed E-state index contributed by atoms with van der Waals surface area (Å²) in [5.41, 5.74) is 0. The van der Waals surface area contributed by atoms with Crippen molar-refractivity contribution in [2.24, 2.45) is 11.8 Å². The van der Waals surface area contributed by atoms with Gasteiger partial charge in [-0.05, 0) is 11.8 Å². The SMILES string of the molecule is CC(C)CNC(=O)CCN(CC(C)C)S(C)(=O)=O. The van der Waals surface area contributed by atoms with Gasteiger partial charge in [0.1, 0.15) is 0 Å². The molecule has 0 aromatic carbocycles. The van der Waals surface area contributed by atoms with Crippen molar-refractivity contribution in [1.82, 2.24) is 9.62 Å². The molecule has 0 aromatic rings. The van der Waals surface area contributed by atoms with E-state index < -0.39 is 10.0 Å². The van der Waals surface area contributed by atoms with Crippen molar-refractivity contribution in [3.05, 3.63) is 0 Å². The van der Waals surface area contributed by atoms with Crippen LogP contribution >= 0.6 is 0 Å². The van der Waals surface area contributed by atoms with Crippen LogP contribution in [0.5, 0.6) is 0 Å². The maximum absolute atomic E-state index is 11.5. The van der Waals surface area contributed by atoms with Gasteiger partial charge in [0.2, 0.25) is 15.9 Å². The predicted molar refractivity (Wildman–Crippen MR) is 73.7 cm³/mol. The van der Waals surface area contributed by atoms with Crippen molar-refractivity contribution < 1.29 is 13.2 Å². The first kappa shape index (κ1) is 17.4. The predicted octanol–water partition coefficient (Wildman–Crippen LogP) is 1.07. The Labute approximate surface area is 111 Å². The third-order valence-corrected chi connectivity index (χ3v) is 3.60. The highest BCUT2D eigenvalue weighted by atomic mass is 32.2. The molecule has 6 heteroatoms. The van der Waals surface area contributed by atoms with Gasteiger partial charge in [0.05, 0.1) is 6.26 Å². The largest absolute Gasteiger partial charge is 0.356 e. The molecule has 0 spiro atoms. The van der Waals surface area contributed by atoms with E-state index in [1.165, 1.54) is 10.6 Å². The molecule has 108 valence electrons. The van der Waals surface area contributed by atoms with Gasteiger partial charge in [-0.25, -0.2) is 12.7 Å². The molecule has 0 aliphatic carbocycles. The molecule has 0 aromatic heterocycles. The van der Waals surface area contributed by atoms with Crippen LogP contribution in [0.15, 0.2) is 0 Å². The Balaban J connectivity index is 4.23. The molecule has 18 heavy (non-hydrogen) atoms. The van der Waals surface area contributed by atoms with Gasteiger partial charge in [-0.15, -0.1) is 0 Å². The molecule has 0 fully saturated rings. The van der Waals surface area contributed by atoms with Crippen molar-refractivity contribution in [3.8, 4) is 0 Å². The zero-order valence-electron chi connectivity index (χ0n) is 12.1. The van der Waals surface area contributed by atoms with E-state index in [1.807, 2.05) is 27.7 Å². The molecule has 0 heterocycles. The van der Waals surface area contributed by atoms with Crippen LogP contribution in [0.4, 0.5) is 0 Å². The maximum atomic E-state index is 11.5. The summed E-state index contributed by atoms with van der Waals surface area (Å²) in [6.07, 6.45) is 1.40. The number of hydrogen-bond donors (Lipinski definition) is 1. The van der Waals surface area contributed by atoms with E-state index in [0.29, 0.717) is 19.0 Å². The van der Waals surface area contributed by atoms with Gasteiger partial charge < -0.3 is 5.32 Å². The Hall–Kier alpha value is -0.620. The van der Waals surface area contributed by atoms with Crippen molar-refractivity contribution >= 4 is 15.9 Å². The normalized spacial score (nSPS) is 12.4. The van der Waals surface area contributed by atoms with E-state index in [9.17, 15) is 13.2 Å². The lowest BCUT2D eigenvalue weighted by atomic mass is 10.2. The molecule has 0 saturated carbocycles. The summed E-state index contributed by atoms with van der Waals surface area (Å²) in [6, 6.07) is 0. The molecule has 0 atom stereocenters. The first-order chi connectivity index (χ1) is 8.12. The molecule has 0 saturated heterocycles. The van der Waals surface area contributed by atoms with Crippen LogP contribution in [0.1, 0.15) is 34.1 Å². The molecule has 0 rings (SSSR count). The van der Waals surface area contributed by atoms with E-state index in [1.54, 1.807) is 0 Å².